The number of carbonyl (C=O) groups is 1. The van der Waals surface area contributed by atoms with Gasteiger partial charge in [0.25, 0.3) is 0 Å². The van der Waals surface area contributed by atoms with Gasteiger partial charge in [0.1, 0.15) is 17.5 Å². The first-order valence-electron chi connectivity index (χ1n) is 9.55. The molecule has 1 saturated heterocycles. The zero-order valence-electron chi connectivity index (χ0n) is 16.0. The van der Waals surface area contributed by atoms with Crippen LogP contribution in [0.3, 0.4) is 0 Å². The molecule has 6 nitrogen and oxygen atoms in total. The summed E-state index contributed by atoms with van der Waals surface area (Å²) >= 11 is 0. The van der Waals surface area contributed by atoms with E-state index in [0.29, 0.717) is 36.8 Å². The Morgan fingerprint density at radius 1 is 1.03 bits per heavy atom. The van der Waals surface area contributed by atoms with Gasteiger partial charge in [-0.1, -0.05) is 30.3 Å². The van der Waals surface area contributed by atoms with Gasteiger partial charge in [-0.3, -0.25) is 9.69 Å². The van der Waals surface area contributed by atoms with Crippen molar-refractivity contribution in [1.29, 1.82) is 0 Å². The molecule has 1 fully saturated rings. The Labute approximate surface area is 168 Å². The van der Waals surface area contributed by atoms with Crippen LogP contribution in [0.5, 0.6) is 0 Å². The highest BCUT2D eigenvalue weighted by Gasteiger charge is 2.20. The molecule has 0 spiro atoms. The Morgan fingerprint density at radius 2 is 1.76 bits per heavy atom. The molecule has 1 aromatic heterocycles. The monoisotopic (exact) mass is 391 g/mol. The van der Waals surface area contributed by atoms with Gasteiger partial charge in [-0.2, -0.15) is 0 Å². The highest BCUT2D eigenvalue weighted by molar-refractivity contribution is 5.92. The molecule has 0 atom stereocenters. The molecular formula is C22H22FN5O. The fourth-order valence-electron chi connectivity index (χ4n) is 3.42. The van der Waals surface area contributed by atoms with Crippen molar-refractivity contribution >= 4 is 28.7 Å². The molecule has 29 heavy (non-hydrogen) atoms. The van der Waals surface area contributed by atoms with Crippen LogP contribution in [0, 0.1) is 5.82 Å². The van der Waals surface area contributed by atoms with Crippen molar-refractivity contribution in [2.45, 2.75) is 6.54 Å². The van der Waals surface area contributed by atoms with E-state index < -0.39 is 0 Å². The number of amides is 1. The Morgan fingerprint density at radius 3 is 2.55 bits per heavy atom. The maximum absolute atomic E-state index is 13.7. The van der Waals surface area contributed by atoms with E-state index in [1.165, 1.54) is 18.2 Å². The van der Waals surface area contributed by atoms with E-state index in [4.69, 9.17) is 5.73 Å². The van der Waals surface area contributed by atoms with Gasteiger partial charge >= 0.3 is 0 Å². The molecule has 2 heterocycles. The minimum absolute atomic E-state index is 0.112. The Bertz CT molecular complexity index is 1060. The van der Waals surface area contributed by atoms with Crippen molar-refractivity contribution < 1.29 is 9.18 Å². The minimum atomic E-state index is -0.337. The van der Waals surface area contributed by atoms with Crippen molar-refractivity contribution in [2.75, 3.05) is 31.9 Å². The van der Waals surface area contributed by atoms with Crippen LogP contribution in [0.15, 0.2) is 54.6 Å². The Hall–Kier alpha value is -3.32. The standard InChI is InChI=1S/C22H22FN5O/c23-18-7-3-1-5-16(18)9-10-21(29)28-13-11-27(12-14-28)15-20-25-19-8-4-2-6-17(19)22(24)26-20/h1-10H,11-15H2,(H2,24,25,26)/b10-9+. The highest BCUT2D eigenvalue weighted by atomic mass is 19.1. The maximum Gasteiger partial charge on any atom is 0.246 e. The number of hydrogen-bond acceptors (Lipinski definition) is 5. The number of halogens is 1. The molecule has 1 amide bonds. The van der Waals surface area contributed by atoms with E-state index in [2.05, 4.69) is 14.9 Å². The largest absolute Gasteiger partial charge is 0.383 e. The number of para-hydroxylation sites is 1. The van der Waals surface area contributed by atoms with Crippen LogP contribution in [0.4, 0.5) is 10.2 Å². The second-order valence-electron chi connectivity index (χ2n) is 7.00. The van der Waals surface area contributed by atoms with E-state index in [1.54, 1.807) is 23.1 Å². The summed E-state index contributed by atoms with van der Waals surface area (Å²) in [5.41, 5.74) is 7.30. The quantitative estimate of drug-likeness (QED) is 0.692. The van der Waals surface area contributed by atoms with Crippen LogP contribution in [0.2, 0.25) is 0 Å². The van der Waals surface area contributed by atoms with Crippen LogP contribution in [0.1, 0.15) is 11.4 Å². The maximum atomic E-state index is 13.7. The summed E-state index contributed by atoms with van der Waals surface area (Å²) in [5.74, 6) is 0.716. The zero-order valence-corrected chi connectivity index (χ0v) is 16.0. The lowest BCUT2D eigenvalue weighted by Gasteiger charge is -2.33. The third-order valence-corrected chi connectivity index (χ3v) is 5.04. The second kappa shape index (κ2) is 8.36. The van der Waals surface area contributed by atoms with Crippen molar-refractivity contribution in [3.8, 4) is 0 Å². The number of piperazine rings is 1. The molecule has 1 aliphatic rings. The number of nitrogens with two attached hydrogens (primary N) is 1. The summed E-state index contributed by atoms with van der Waals surface area (Å²) in [4.78, 5) is 25.4. The predicted molar refractivity (Wildman–Crippen MR) is 111 cm³/mol. The van der Waals surface area contributed by atoms with Crippen LogP contribution in [-0.2, 0) is 11.3 Å². The molecule has 0 unspecified atom stereocenters. The summed E-state index contributed by atoms with van der Waals surface area (Å²) in [5, 5.41) is 0.855. The van der Waals surface area contributed by atoms with Gasteiger partial charge in [-0.15, -0.1) is 0 Å². The van der Waals surface area contributed by atoms with Crippen molar-refractivity contribution in [3.05, 3.63) is 71.8 Å². The molecule has 148 valence electrons. The zero-order chi connectivity index (χ0) is 20.2. The first-order valence-corrected chi connectivity index (χ1v) is 9.55. The number of hydrogen-bond donors (Lipinski definition) is 1. The van der Waals surface area contributed by atoms with Gasteiger partial charge in [0.05, 0.1) is 12.1 Å². The van der Waals surface area contributed by atoms with E-state index >= 15 is 0 Å². The summed E-state index contributed by atoms with van der Waals surface area (Å²) in [6, 6.07) is 14.1. The second-order valence-corrected chi connectivity index (χ2v) is 7.00. The summed E-state index contributed by atoms with van der Waals surface area (Å²) in [7, 11) is 0. The summed E-state index contributed by atoms with van der Waals surface area (Å²) in [6.45, 7) is 3.22. The van der Waals surface area contributed by atoms with Gasteiger partial charge in [0.15, 0.2) is 0 Å². The number of benzene rings is 2. The normalized spacial score (nSPS) is 15.3. The molecular weight excluding hydrogens is 369 g/mol. The number of anilines is 1. The van der Waals surface area contributed by atoms with E-state index in [9.17, 15) is 9.18 Å². The Balaban J connectivity index is 1.35. The predicted octanol–water partition coefficient (Wildman–Crippen LogP) is 2.71. The third kappa shape index (κ3) is 4.41. The Kier molecular flexibility index (Phi) is 5.48. The molecule has 1 aliphatic heterocycles. The lowest BCUT2D eigenvalue weighted by atomic mass is 10.2. The molecule has 4 rings (SSSR count). The van der Waals surface area contributed by atoms with Crippen LogP contribution in [-0.4, -0.2) is 51.9 Å². The lowest BCUT2D eigenvalue weighted by Crippen LogP contribution is -2.48. The molecule has 2 aromatic carbocycles. The van der Waals surface area contributed by atoms with E-state index in [-0.39, 0.29) is 11.7 Å². The minimum Gasteiger partial charge on any atom is -0.383 e. The first-order chi connectivity index (χ1) is 14.1. The third-order valence-electron chi connectivity index (χ3n) is 5.04. The number of nitrogens with zero attached hydrogens (tertiary/aromatic N) is 4. The van der Waals surface area contributed by atoms with Gasteiger partial charge < -0.3 is 10.6 Å². The van der Waals surface area contributed by atoms with Crippen LogP contribution >= 0.6 is 0 Å². The fourth-order valence-corrected chi connectivity index (χ4v) is 3.42. The van der Waals surface area contributed by atoms with Gasteiger partial charge in [-0.25, -0.2) is 14.4 Å². The molecule has 7 heteroatoms. The van der Waals surface area contributed by atoms with E-state index in [1.807, 2.05) is 24.3 Å². The van der Waals surface area contributed by atoms with Gasteiger partial charge in [0.2, 0.25) is 5.91 Å². The van der Waals surface area contributed by atoms with Gasteiger partial charge in [0, 0.05) is 43.2 Å². The SMILES string of the molecule is Nc1nc(CN2CCN(C(=O)/C=C/c3ccccc3F)CC2)nc2ccccc12. The number of fused-ring (bicyclic) bond motifs is 1. The summed E-state index contributed by atoms with van der Waals surface area (Å²) < 4.78 is 13.7. The average Bonchev–Trinajstić information content (AvgIpc) is 2.73. The van der Waals surface area contributed by atoms with Crippen LogP contribution < -0.4 is 5.73 Å². The average molecular weight is 391 g/mol. The molecule has 0 radical (unpaired) electrons. The van der Waals surface area contributed by atoms with Crippen molar-refractivity contribution in [3.63, 3.8) is 0 Å². The number of aromatic nitrogens is 2. The fraction of sp³-hybridized carbons (Fsp3) is 0.227. The molecule has 0 bridgehead atoms. The highest BCUT2D eigenvalue weighted by Crippen LogP contribution is 2.18. The molecule has 0 aliphatic carbocycles. The molecule has 2 N–H and O–H groups in total. The van der Waals surface area contributed by atoms with E-state index in [0.717, 1.165) is 24.0 Å². The first kappa shape index (κ1) is 19.0. The number of carbonyl (C=O) groups excluding carboxylic acids is 1. The molecule has 0 saturated carbocycles. The molecule has 3 aromatic rings. The van der Waals surface area contributed by atoms with Crippen molar-refractivity contribution in [2.24, 2.45) is 0 Å². The topological polar surface area (TPSA) is 75.3 Å². The number of rotatable bonds is 4. The van der Waals surface area contributed by atoms with Crippen LogP contribution in [0.25, 0.3) is 17.0 Å². The van der Waals surface area contributed by atoms with Gasteiger partial charge in [-0.05, 0) is 24.3 Å². The number of nitrogen functional groups attached to an aromatic ring is 1. The smallest absolute Gasteiger partial charge is 0.246 e. The summed E-state index contributed by atoms with van der Waals surface area (Å²) in [6.07, 6.45) is 2.96. The van der Waals surface area contributed by atoms with Crippen molar-refractivity contribution in [1.82, 2.24) is 19.8 Å². The lowest BCUT2D eigenvalue weighted by molar-refractivity contribution is -0.127.